The number of rotatable bonds is 2. The summed E-state index contributed by atoms with van der Waals surface area (Å²) in [6, 6.07) is 46.1. The normalized spacial score (nSPS) is 11.9. The third kappa shape index (κ3) is 2.67. The van der Waals surface area contributed by atoms with Crippen LogP contribution in [-0.2, 0) is 0 Å². The first-order chi connectivity index (χ1) is 17.9. The molecule has 0 spiro atoms. The summed E-state index contributed by atoms with van der Waals surface area (Å²) in [6.07, 6.45) is 2.20. The highest BCUT2D eigenvalue weighted by atomic mass is 15.0. The molecular formula is C34H22N2. The summed E-state index contributed by atoms with van der Waals surface area (Å²) in [4.78, 5) is 0. The van der Waals surface area contributed by atoms with E-state index in [1.54, 1.807) is 0 Å². The van der Waals surface area contributed by atoms with Crippen LogP contribution in [-0.4, -0.2) is 9.13 Å². The van der Waals surface area contributed by atoms with E-state index >= 15 is 0 Å². The van der Waals surface area contributed by atoms with Gasteiger partial charge in [-0.15, -0.1) is 0 Å². The second-order valence-electron chi connectivity index (χ2n) is 9.46. The van der Waals surface area contributed by atoms with Crippen LogP contribution in [0.4, 0.5) is 0 Å². The minimum absolute atomic E-state index is 1.18. The van der Waals surface area contributed by atoms with Gasteiger partial charge in [0.15, 0.2) is 0 Å². The first-order valence-corrected chi connectivity index (χ1v) is 12.4. The fourth-order valence-electron chi connectivity index (χ4n) is 5.89. The lowest BCUT2D eigenvalue weighted by Crippen LogP contribution is -1.95. The van der Waals surface area contributed by atoms with E-state index < -0.39 is 0 Å². The van der Waals surface area contributed by atoms with Crippen molar-refractivity contribution >= 4 is 54.3 Å². The van der Waals surface area contributed by atoms with E-state index in [0.29, 0.717) is 0 Å². The van der Waals surface area contributed by atoms with Gasteiger partial charge in [0.2, 0.25) is 0 Å². The lowest BCUT2D eigenvalue weighted by molar-refractivity contribution is 1.13. The Kier molecular flexibility index (Phi) is 3.97. The molecule has 0 amide bonds. The number of fused-ring (bicyclic) bond motifs is 8. The van der Waals surface area contributed by atoms with Gasteiger partial charge < -0.3 is 9.13 Å². The summed E-state index contributed by atoms with van der Waals surface area (Å²) in [5, 5.41) is 8.89. The molecule has 0 radical (unpaired) electrons. The summed E-state index contributed by atoms with van der Waals surface area (Å²) in [6.45, 7) is 0. The van der Waals surface area contributed by atoms with Crippen molar-refractivity contribution in [2.75, 3.05) is 0 Å². The average molecular weight is 459 g/mol. The van der Waals surface area contributed by atoms with Crippen molar-refractivity contribution in [1.29, 1.82) is 0 Å². The van der Waals surface area contributed by atoms with E-state index in [0.717, 1.165) is 0 Å². The van der Waals surface area contributed by atoms with Crippen LogP contribution in [0, 0.1) is 0 Å². The molecule has 0 atom stereocenters. The predicted octanol–water partition coefficient (Wildman–Crippen LogP) is 9.03. The van der Waals surface area contributed by atoms with Crippen LogP contribution in [0.15, 0.2) is 134 Å². The Bertz CT molecular complexity index is 2090. The van der Waals surface area contributed by atoms with Crippen molar-refractivity contribution in [2.24, 2.45) is 0 Å². The van der Waals surface area contributed by atoms with E-state index in [2.05, 4.69) is 143 Å². The number of nitrogens with zero attached hydrogens (tertiary/aromatic N) is 2. The van der Waals surface area contributed by atoms with Gasteiger partial charge in [0, 0.05) is 39.1 Å². The molecule has 0 saturated carbocycles. The zero-order valence-corrected chi connectivity index (χ0v) is 19.6. The maximum Gasteiger partial charge on any atom is 0.0626 e. The summed E-state index contributed by atoms with van der Waals surface area (Å²) in [7, 11) is 0. The average Bonchev–Trinajstić information content (AvgIpc) is 3.53. The molecule has 2 aromatic heterocycles. The fraction of sp³-hybridized carbons (Fsp3) is 0. The van der Waals surface area contributed by atoms with E-state index in [9.17, 15) is 0 Å². The van der Waals surface area contributed by atoms with Crippen molar-refractivity contribution in [3.05, 3.63) is 134 Å². The Hall–Kier alpha value is -4.82. The summed E-state index contributed by atoms with van der Waals surface area (Å²) < 4.78 is 4.75. The predicted molar refractivity (Wildman–Crippen MR) is 153 cm³/mol. The lowest BCUT2D eigenvalue weighted by Gasteiger charge is -2.12. The molecule has 0 aliphatic heterocycles. The van der Waals surface area contributed by atoms with Gasteiger partial charge in [-0.1, -0.05) is 84.9 Å². The smallest absolute Gasteiger partial charge is 0.0626 e. The van der Waals surface area contributed by atoms with Crippen molar-refractivity contribution in [1.82, 2.24) is 9.13 Å². The monoisotopic (exact) mass is 458 g/mol. The van der Waals surface area contributed by atoms with Gasteiger partial charge in [-0.05, 0) is 58.6 Å². The van der Waals surface area contributed by atoms with Crippen LogP contribution < -0.4 is 0 Å². The van der Waals surface area contributed by atoms with Crippen LogP contribution in [0.3, 0.4) is 0 Å². The SMILES string of the molecule is c1ccc(-n2ccc3c4c(ccc5c6ccccc6n(-c6ccc7ccccc7c6)c54)ccc32)cc1. The zero-order chi connectivity index (χ0) is 23.6. The molecule has 0 fully saturated rings. The van der Waals surface area contributed by atoms with Crippen molar-refractivity contribution in [2.45, 2.75) is 0 Å². The van der Waals surface area contributed by atoms with Crippen molar-refractivity contribution < 1.29 is 0 Å². The molecule has 168 valence electrons. The number of hydrogen-bond acceptors (Lipinski definition) is 0. The van der Waals surface area contributed by atoms with Gasteiger partial charge in [0.1, 0.15) is 0 Å². The molecule has 0 saturated heterocycles. The Balaban J connectivity index is 1.55. The number of para-hydroxylation sites is 2. The standard InChI is InChI=1S/C34H22N2/c1-2-10-26(11-3-1)35-21-20-30-31(35)19-16-24-15-18-29-28-12-6-7-13-32(28)36(34(29)33(24)30)27-17-14-23-8-4-5-9-25(23)22-27/h1-22H. The number of benzene rings is 6. The Morgan fingerprint density at radius 3 is 2.08 bits per heavy atom. The van der Waals surface area contributed by atoms with Gasteiger partial charge in [-0.25, -0.2) is 0 Å². The first kappa shape index (κ1) is 19.5. The molecule has 8 rings (SSSR count). The maximum absolute atomic E-state index is 2.46. The van der Waals surface area contributed by atoms with Crippen LogP contribution in [0.25, 0.3) is 65.6 Å². The second-order valence-corrected chi connectivity index (χ2v) is 9.46. The highest BCUT2D eigenvalue weighted by Gasteiger charge is 2.17. The van der Waals surface area contributed by atoms with Gasteiger partial charge in [-0.2, -0.15) is 0 Å². The minimum Gasteiger partial charge on any atom is -0.317 e. The quantitative estimate of drug-likeness (QED) is 0.244. The first-order valence-electron chi connectivity index (χ1n) is 12.4. The molecule has 8 aromatic rings. The van der Waals surface area contributed by atoms with Crippen molar-refractivity contribution in [3.8, 4) is 11.4 Å². The largest absolute Gasteiger partial charge is 0.317 e. The van der Waals surface area contributed by atoms with E-state index in [4.69, 9.17) is 0 Å². The topological polar surface area (TPSA) is 9.86 Å². The molecule has 2 nitrogen and oxygen atoms in total. The molecule has 0 bridgehead atoms. The van der Waals surface area contributed by atoms with Crippen molar-refractivity contribution in [3.63, 3.8) is 0 Å². The van der Waals surface area contributed by atoms with Crippen LogP contribution >= 0.6 is 0 Å². The Morgan fingerprint density at radius 1 is 0.417 bits per heavy atom. The Labute approximate surface area is 208 Å². The highest BCUT2D eigenvalue weighted by Crippen LogP contribution is 2.40. The van der Waals surface area contributed by atoms with Crippen LogP contribution in [0.1, 0.15) is 0 Å². The minimum atomic E-state index is 1.18. The molecule has 2 heteroatoms. The summed E-state index contributed by atoms with van der Waals surface area (Å²) >= 11 is 0. The third-order valence-electron chi connectivity index (χ3n) is 7.51. The zero-order valence-electron chi connectivity index (χ0n) is 19.6. The summed E-state index contributed by atoms with van der Waals surface area (Å²) in [5.74, 6) is 0. The Morgan fingerprint density at radius 2 is 1.17 bits per heavy atom. The van der Waals surface area contributed by atoms with Gasteiger partial charge in [0.25, 0.3) is 0 Å². The molecule has 6 aromatic carbocycles. The van der Waals surface area contributed by atoms with E-state index in [-0.39, 0.29) is 0 Å². The van der Waals surface area contributed by atoms with Gasteiger partial charge in [-0.3, -0.25) is 0 Å². The van der Waals surface area contributed by atoms with Crippen LogP contribution in [0.2, 0.25) is 0 Å². The van der Waals surface area contributed by atoms with E-state index in [1.165, 1.54) is 65.6 Å². The molecule has 0 aliphatic carbocycles. The lowest BCUT2D eigenvalue weighted by atomic mass is 10.0. The molecular weight excluding hydrogens is 436 g/mol. The maximum atomic E-state index is 2.46. The molecule has 0 unspecified atom stereocenters. The summed E-state index contributed by atoms with van der Waals surface area (Å²) in [5.41, 5.74) is 6.08. The molecule has 0 N–H and O–H groups in total. The third-order valence-corrected chi connectivity index (χ3v) is 7.51. The van der Waals surface area contributed by atoms with Gasteiger partial charge in [0.05, 0.1) is 16.6 Å². The molecule has 0 aliphatic rings. The second kappa shape index (κ2) is 7.34. The van der Waals surface area contributed by atoms with Gasteiger partial charge >= 0.3 is 0 Å². The fourth-order valence-corrected chi connectivity index (χ4v) is 5.89. The molecule has 36 heavy (non-hydrogen) atoms. The van der Waals surface area contributed by atoms with E-state index in [1.807, 2.05) is 0 Å². The van der Waals surface area contributed by atoms with Crippen LogP contribution in [0.5, 0.6) is 0 Å². The number of hydrogen-bond donors (Lipinski definition) is 0. The molecule has 2 heterocycles. The number of aromatic nitrogens is 2. The highest BCUT2D eigenvalue weighted by molar-refractivity contribution is 6.25.